The summed E-state index contributed by atoms with van der Waals surface area (Å²) in [4.78, 5) is 21.5. The molecule has 0 bridgehead atoms. The second kappa shape index (κ2) is 5.38. The van der Waals surface area contributed by atoms with Crippen LogP contribution < -0.4 is 4.72 Å². The van der Waals surface area contributed by atoms with E-state index in [9.17, 15) is 9.59 Å². The predicted molar refractivity (Wildman–Crippen MR) is 54.9 cm³/mol. The Morgan fingerprint density at radius 3 is 2.67 bits per heavy atom. The number of carboxylic acid groups (broad SMARTS) is 2. The van der Waals surface area contributed by atoms with Gasteiger partial charge in [0.25, 0.3) is 0 Å². The number of aromatic carboxylic acids is 1. The first-order chi connectivity index (χ1) is 7.09. The van der Waals surface area contributed by atoms with Crippen molar-refractivity contribution < 1.29 is 19.8 Å². The van der Waals surface area contributed by atoms with E-state index in [0.717, 1.165) is 11.9 Å². The van der Waals surface area contributed by atoms with Crippen LogP contribution in [0, 0.1) is 0 Å². The van der Waals surface area contributed by atoms with Gasteiger partial charge >= 0.3 is 11.9 Å². The number of nitrogens with one attached hydrogen (secondary N) is 1. The Hall–Kier alpha value is -1.53. The number of hydrogen-bond donors (Lipinski definition) is 3. The molecule has 0 radical (unpaired) electrons. The molecule has 0 aromatic heterocycles. The van der Waals surface area contributed by atoms with E-state index in [2.05, 4.69) is 4.72 Å². The number of aliphatic carboxylic acids is 1. The molecular weight excluding hydrogens is 218 g/mol. The molecule has 0 atom stereocenters. The second-order valence-corrected chi connectivity index (χ2v) is 3.61. The summed E-state index contributed by atoms with van der Waals surface area (Å²) in [6.45, 7) is -0.179. The Kier molecular flexibility index (Phi) is 4.14. The van der Waals surface area contributed by atoms with Crippen molar-refractivity contribution in [3.63, 3.8) is 0 Å². The summed E-state index contributed by atoms with van der Waals surface area (Å²) in [6, 6.07) is 6.26. The van der Waals surface area contributed by atoms with E-state index < -0.39 is 11.9 Å². The first-order valence-electron chi connectivity index (χ1n) is 4.04. The summed E-state index contributed by atoms with van der Waals surface area (Å²) >= 11 is 1.09. The van der Waals surface area contributed by atoms with Crippen LogP contribution >= 0.6 is 11.9 Å². The van der Waals surface area contributed by atoms with Gasteiger partial charge in [-0.25, -0.2) is 9.52 Å². The van der Waals surface area contributed by atoms with Crippen LogP contribution in [0.4, 0.5) is 0 Å². The van der Waals surface area contributed by atoms with Gasteiger partial charge in [0, 0.05) is 4.90 Å². The van der Waals surface area contributed by atoms with Gasteiger partial charge in [0.2, 0.25) is 0 Å². The van der Waals surface area contributed by atoms with E-state index in [1.54, 1.807) is 12.1 Å². The fourth-order valence-electron chi connectivity index (χ4n) is 0.874. The van der Waals surface area contributed by atoms with Gasteiger partial charge in [0.05, 0.1) is 5.56 Å². The van der Waals surface area contributed by atoms with E-state index in [-0.39, 0.29) is 12.1 Å². The van der Waals surface area contributed by atoms with Gasteiger partial charge in [-0.3, -0.25) is 4.79 Å². The van der Waals surface area contributed by atoms with Crippen molar-refractivity contribution in [2.75, 3.05) is 6.54 Å². The Morgan fingerprint density at radius 1 is 1.33 bits per heavy atom. The van der Waals surface area contributed by atoms with Crippen molar-refractivity contribution in [3.05, 3.63) is 29.8 Å². The van der Waals surface area contributed by atoms with Crippen molar-refractivity contribution >= 4 is 23.9 Å². The Morgan fingerprint density at radius 2 is 2.07 bits per heavy atom. The maximum absolute atomic E-state index is 10.6. The van der Waals surface area contributed by atoms with E-state index in [1.807, 2.05) is 0 Å². The molecule has 5 nitrogen and oxygen atoms in total. The van der Waals surface area contributed by atoms with Crippen molar-refractivity contribution in [1.29, 1.82) is 0 Å². The molecule has 0 spiro atoms. The van der Waals surface area contributed by atoms with Crippen LogP contribution in [0.25, 0.3) is 0 Å². The third-order valence-electron chi connectivity index (χ3n) is 1.49. The molecule has 0 aliphatic heterocycles. The molecule has 3 N–H and O–H groups in total. The van der Waals surface area contributed by atoms with Gasteiger partial charge in [-0.2, -0.15) is 0 Å². The van der Waals surface area contributed by atoms with E-state index >= 15 is 0 Å². The predicted octanol–water partition coefficient (Wildman–Crippen LogP) is 1.07. The van der Waals surface area contributed by atoms with Crippen LogP contribution in [0.5, 0.6) is 0 Å². The van der Waals surface area contributed by atoms with Crippen LogP contribution in [0.3, 0.4) is 0 Å². The SMILES string of the molecule is O=C(O)CNSc1cccc(C(=O)O)c1. The molecule has 6 heteroatoms. The fourth-order valence-corrected chi connectivity index (χ4v) is 1.57. The lowest BCUT2D eigenvalue weighted by Gasteiger charge is -2.01. The minimum atomic E-state index is -1.00. The summed E-state index contributed by atoms with van der Waals surface area (Å²) in [6.07, 6.45) is 0. The van der Waals surface area contributed by atoms with Gasteiger partial charge < -0.3 is 10.2 Å². The first kappa shape index (κ1) is 11.5. The summed E-state index contributed by atoms with van der Waals surface area (Å²) in [5, 5.41) is 17.1. The van der Waals surface area contributed by atoms with E-state index in [1.165, 1.54) is 12.1 Å². The smallest absolute Gasteiger partial charge is 0.335 e. The van der Waals surface area contributed by atoms with Gasteiger partial charge in [0.1, 0.15) is 6.54 Å². The van der Waals surface area contributed by atoms with Crippen molar-refractivity contribution in [1.82, 2.24) is 4.72 Å². The van der Waals surface area contributed by atoms with Crippen molar-refractivity contribution in [2.45, 2.75) is 4.90 Å². The Labute approximate surface area is 90.2 Å². The number of rotatable bonds is 5. The molecule has 15 heavy (non-hydrogen) atoms. The third-order valence-corrected chi connectivity index (χ3v) is 2.27. The molecule has 0 amide bonds. The highest BCUT2D eigenvalue weighted by molar-refractivity contribution is 7.97. The van der Waals surface area contributed by atoms with Gasteiger partial charge in [-0.1, -0.05) is 6.07 Å². The zero-order valence-electron chi connectivity index (χ0n) is 7.64. The molecule has 1 rings (SSSR count). The minimum absolute atomic E-state index is 0.178. The summed E-state index contributed by atoms with van der Waals surface area (Å²) < 4.78 is 2.59. The molecule has 0 fully saturated rings. The summed E-state index contributed by atoms with van der Waals surface area (Å²) in [7, 11) is 0. The number of hydrogen-bond acceptors (Lipinski definition) is 4. The average molecular weight is 227 g/mol. The average Bonchev–Trinajstić information content (AvgIpc) is 2.17. The highest BCUT2D eigenvalue weighted by Gasteiger charge is 2.03. The zero-order chi connectivity index (χ0) is 11.3. The molecule has 0 heterocycles. The lowest BCUT2D eigenvalue weighted by atomic mass is 10.2. The van der Waals surface area contributed by atoms with Crippen LogP contribution in [0.1, 0.15) is 10.4 Å². The molecule has 0 aliphatic rings. The van der Waals surface area contributed by atoms with Crippen LogP contribution in [-0.4, -0.2) is 28.7 Å². The number of carbonyl (C=O) groups is 2. The second-order valence-electron chi connectivity index (χ2n) is 2.65. The van der Waals surface area contributed by atoms with Crippen LogP contribution in [0.15, 0.2) is 29.2 Å². The van der Waals surface area contributed by atoms with Gasteiger partial charge in [-0.15, -0.1) is 0 Å². The highest BCUT2D eigenvalue weighted by atomic mass is 32.2. The molecule has 0 saturated carbocycles. The third kappa shape index (κ3) is 4.01. The maximum Gasteiger partial charge on any atom is 0.335 e. The van der Waals surface area contributed by atoms with Crippen molar-refractivity contribution in [3.8, 4) is 0 Å². The Balaban J connectivity index is 2.58. The monoisotopic (exact) mass is 227 g/mol. The summed E-state index contributed by atoms with van der Waals surface area (Å²) in [5.74, 6) is -1.97. The fraction of sp³-hybridized carbons (Fsp3) is 0.111. The zero-order valence-corrected chi connectivity index (χ0v) is 8.45. The van der Waals surface area contributed by atoms with Crippen LogP contribution in [0.2, 0.25) is 0 Å². The van der Waals surface area contributed by atoms with E-state index in [4.69, 9.17) is 10.2 Å². The quantitative estimate of drug-likeness (QED) is 0.652. The van der Waals surface area contributed by atoms with Crippen LogP contribution in [-0.2, 0) is 4.79 Å². The summed E-state index contributed by atoms with van der Waals surface area (Å²) in [5.41, 5.74) is 0.178. The molecule has 1 aromatic rings. The van der Waals surface area contributed by atoms with E-state index in [0.29, 0.717) is 4.90 Å². The van der Waals surface area contributed by atoms with Gasteiger partial charge in [-0.05, 0) is 30.1 Å². The molecule has 0 saturated heterocycles. The minimum Gasteiger partial charge on any atom is -0.480 e. The van der Waals surface area contributed by atoms with Crippen molar-refractivity contribution in [2.24, 2.45) is 0 Å². The largest absolute Gasteiger partial charge is 0.480 e. The lowest BCUT2D eigenvalue weighted by Crippen LogP contribution is -2.15. The standard InChI is InChI=1S/C9H9NO4S/c11-8(12)5-10-15-7-3-1-2-6(4-7)9(13)14/h1-4,10H,5H2,(H,11,12)(H,13,14). The molecular formula is C9H9NO4S. The molecule has 0 aliphatic carbocycles. The topological polar surface area (TPSA) is 86.6 Å². The maximum atomic E-state index is 10.6. The highest BCUT2D eigenvalue weighted by Crippen LogP contribution is 2.15. The normalized spacial score (nSPS) is 9.87. The molecule has 0 unspecified atom stereocenters. The molecule has 1 aromatic carbocycles. The Bertz CT molecular complexity index is 380. The van der Waals surface area contributed by atoms with Gasteiger partial charge in [0.15, 0.2) is 0 Å². The number of benzene rings is 1. The molecule has 80 valence electrons. The lowest BCUT2D eigenvalue weighted by molar-refractivity contribution is -0.135. The first-order valence-corrected chi connectivity index (χ1v) is 4.86. The number of carboxylic acids is 2.